The van der Waals surface area contributed by atoms with Crippen molar-refractivity contribution >= 4 is 34.8 Å². The van der Waals surface area contributed by atoms with E-state index in [1.807, 2.05) is 36.4 Å². The van der Waals surface area contributed by atoms with Crippen LogP contribution in [0.5, 0.6) is 0 Å². The van der Waals surface area contributed by atoms with Crippen LogP contribution in [0.3, 0.4) is 0 Å². The second kappa shape index (κ2) is 6.85. The molecular formula is C17H17Cl3. The molecule has 0 bridgehead atoms. The van der Waals surface area contributed by atoms with E-state index < -0.39 is 0 Å². The van der Waals surface area contributed by atoms with Gasteiger partial charge in [-0.1, -0.05) is 48.0 Å². The molecule has 0 aliphatic carbocycles. The number of halogens is 3. The minimum atomic E-state index is -0.248. The topological polar surface area (TPSA) is 0 Å². The minimum Gasteiger partial charge on any atom is -0.126 e. The van der Waals surface area contributed by atoms with Crippen LogP contribution in [0.25, 0.3) is 0 Å². The number of hydrogen-bond donors (Lipinski definition) is 0. The molecular weight excluding hydrogens is 311 g/mol. The molecule has 0 saturated heterocycles. The van der Waals surface area contributed by atoms with Crippen molar-refractivity contribution in [1.29, 1.82) is 0 Å². The van der Waals surface area contributed by atoms with Gasteiger partial charge in [0.15, 0.2) is 0 Å². The largest absolute Gasteiger partial charge is 0.126 e. The van der Waals surface area contributed by atoms with Gasteiger partial charge in [0.25, 0.3) is 0 Å². The SMILES string of the molecule is Cc1ccccc1C(CCl)(CCl)Cc1ccc(Cl)cc1. The highest BCUT2D eigenvalue weighted by Gasteiger charge is 2.32. The van der Waals surface area contributed by atoms with Crippen LogP contribution >= 0.6 is 34.8 Å². The van der Waals surface area contributed by atoms with Crippen molar-refractivity contribution in [1.82, 2.24) is 0 Å². The summed E-state index contributed by atoms with van der Waals surface area (Å²) in [6.45, 7) is 2.10. The van der Waals surface area contributed by atoms with Crippen molar-refractivity contribution in [3.63, 3.8) is 0 Å². The van der Waals surface area contributed by atoms with E-state index >= 15 is 0 Å². The Balaban J connectivity index is 2.39. The monoisotopic (exact) mass is 326 g/mol. The highest BCUT2D eigenvalue weighted by Crippen LogP contribution is 2.34. The maximum absolute atomic E-state index is 6.30. The summed E-state index contributed by atoms with van der Waals surface area (Å²) in [5.74, 6) is 0.980. The Morgan fingerprint density at radius 3 is 2.05 bits per heavy atom. The van der Waals surface area contributed by atoms with Gasteiger partial charge < -0.3 is 0 Å². The molecule has 0 radical (unpaired) electrons. The molecule has 3 heteroatoms. The predicted molar refractivity (Wildman–Crippen MR) is 89.5 cm³/mol. The Kier molecular flexibility index (Phi) is 5.37. The van der Waals surface area contributed by atoms with Crippen LogP contribution in [0, 0.1) is 6.92 Å². The summed E-state index contributed by atoms with van der Waals surface area (Å²) in [6, 6.07) is 16.2. The van der Waals surface area contributed by atoms with E-state index in [9.17, 15) is 0 Å². The summed E-state index contributed by atoms with van der Waals surface area (Å²) in [7, 11) is 0. The Morgan fingerprint density at radius 2 is 1.50 bits per heavy atom. The van der Waals surface area contributed by atoms with Crippen molar-refractivity contribution < 1.29 is 0 Å². The average molecular weight is 328 g/mol. The smallest absolute Gasteiger partial charge is 0.0406 e. The van der Waals surface area contributed by atoms with Crippen molar-refractivity contribution in [2.45, 2.75) is 18.8 Å². The van der Waals surface area contributed by atoms with Gasteiger partial charge in [-0.25, -0.2) is 0 Å². The van der Waals surface area contributed by atoms with E-state index in [0.717, 1.165) is 11.4 Å². The molecule has 0 N–H and O–H groups in total. The molecule has 0 nitrogen and oxygen atoms in total. The second-order valence-electron chi connectivity index (χ2n) is 5.17. The molecule has 20 heavy (non-hydrogen) atoms. The Labute approximate surface area is 135 Å². The van der Waals surface area contributed by atoms with Crippen LogP contribution < -0.4 is 0 Å². The first-order valence-corrected chi connectivity index (χ1v) is 7.98. The minimum absolute atomic E-state index is 0.248. The van der Waals surface area contributed by atoms with E-state index in [1.165, 1.54) is 16.7 Å². The van der Waals surface area contributed by atoms with Gasteiger partial charge >= 0.3 is 0 Å². The summed E-state index contributed by atoms with van der Waals surface area (Å²) in [5, 5.41) is 0.743. The third-order valence-electron chi connectivity index (χ3n) is 3.68. The Morgan fingerprint density at radius 1 is 0.900 bits per heavy atom. The third-order valence-corrected chi connectivity index (χ3v) is 4.96. The van der Waals surface area contributed by atoms with Crippen molar-refractivity contribution in [3.05, 3.63) is 70.2 Å². The number of rotatable bonds is 5. The first-order chi connectivity index (χ1) is 9.61. The van der Waals surface area contributed by atoms with Gasteiger partial charge in [-0.3, -0.25) is 0 Å². The normalized spacial score (nSPS) is 11.6. The summed E-state index contributed by atoms with van der Waals surface area (Å²) in [6.07, 6.45) is 0.808. The van der Waals surface area contributed by atoms with E-state index in [1.54, 1.807) is 0 Å². The highest BCUT2D eigenvalue weighted by molar-refractivity contribution is 6.30. The zero-order chi connectivity index (χ0) is 14.6. The van der Waals surface area contributed by atoms with Crippen LogP contribution in [-0.4, -0.2) is 11.8 Å². The van der Waals surface area contributed by atoms with Gasteiger partial charge in [0.05, 0.1) is 0 Å². The standard InChI is InChI=1S/C17H17Cl3/c1-13-4-2-3-5-16(13)17(11-18,12-19)10-14-6-8-15(20)9-7-14/h2-9H,10-12H2,1H3. The Hall–Kier alpha value is -0.690. The summed E-state index contributed by atoms with van der Waals surface area (Å²) >= 11 is 18.5. The second-order valence-corrected chi connectivity index (χ2v) is 6.14. The highest BCUT2D eigenvalue weighted by atomic mass is 35.5. The first kappa shape index (κ1) is 15.7. The van der Waals surface area contributed by atoms with E-state index in [2.05, 4.69) is 19.1 Å². The van der Waals surface area contributed by atoms with Crippen LogP contribution in [0.4, 0.5) is 0 Å². The molecule has 0 saturated carbocycles. The third kappa shape index (κ3) is 3.31. The lowest BCUT2D eigenvalue weighted by molar-refractivity contribution is 0.533. The zero-order valence-electron chi connectivity index (χ0n) is 11.4. The Bertz CT molecular complexity index is 557. The molecule has 106 valence electrons. The molecule has 2 aromatic rings. The van der Waals surface area contributed by atoms with Gasteiger partial charge in [0.2, 0.25) is 0 Å². The lowest BCUT2D eigenvalue weighted by Crippen LogP contribution is -2.34. The average Bonchev–Trinajstić information content (AvgIpc) is 2.48. The van der Waals surface area contributed by atoms with Crippen LogP contribution in [0.15, 0.2) is 48.5 Å². The number of benzene rings is 2. The fraction of sp³-hybridized carbons (Fsp3) is 0.294. The predicted octanol–water partition coefficient (Wildman–Crippen LogP) is 5.61. The lowest BCUT2D eigenvalue weighted by Gasteiger charge is -2.32. The summed E-state index contributed by atoms with van der Waals surface area (Å²) in [4.78, 5) is 0. The lowest BCUT2D eigenvalue weighted by atomic mass is 9.77. The van der Waals surface area contributed by atoms with Crippen molar-refractivity contribution in [2.24, 2.45) is 0 Å². The molecule has 2 rings (SSSR count). The molecule has 0 atom stereocenters. The number of hydrogen-bond acceptors (Lipinski definition) is 0. The van der Waals surface area contributed by atoms with Crippen LogP contribution in [0.1, 0.15) is 16.7 Å². The van der Waals surface area contributed by atoms with Crippen molar-refractivity contribution in [2.75, 3.05) is 11.8 Å². The molecule has 0 aliphatic heterocycles. The fourth-order valence-electron chi connectivity index (χ4n) is 2.53. The van der Waals surface area contributed by atoms with Crippen LogP contribution in [-0.2, 0) is 11.8 Å². The molecule has 0 unspecified atom stereocenters. The molecule has 0 aromatic heterocycles. The van der Waals surface area contributed by atoms with Gasteiger partial charge in [0.1, 0.15) is 0 Å². The van der Waals surface area contributed by atoms with Gasteiger partial charge in [0, 0.05) is 22.2 Å². The molecule has 0 spiro atoms. The molecule has 0 amide bonds. The maximum atomic E-state index is 6.30. The van der Waals surface area contributed by atoms with Crippen molar-refractivity contribution in [3.8, 4) is 0 Å². The van der Waals surface area contributed by atoms with E-state index in [-0.39, 0.29) is 5.41 Å². The molecule has 0 heterocycles. The van der Waals surface area contributed by atoms with Crippen LogP contribution in [0.2, 0.25) is 5.02 Å². The van der Waals surface area contributed by atoms with Gasteiger partial charge in [-0.15, -0.1) is 23.2 Å². The van der Waals surface area contributed by atoms with Gasteiger partial charge in [-0.05, 0) is 42.2 Å². The number of aryl methyl sites for hydroxylation is 1. The molecule has 0 fully saturated rings. The summed E-state index contributed by atoms with van der Waals surface area (Å²) < 4.78 is 0. The molecule has 2 aromatic carbocycles. The van der Waals surface area contributed by atoms with E-state index in [4.69, 9.17) is 34.8 Å². The quantitative estimate of drug-likeness (QED) is 0.626. The molecule has 0 aliphatic rings. The van der Waals surface area contributed by atoms with Gasteiger partial charge in [-0.2, -0.15) is 0 Å². The number of alkyl halides is 2. The maximum Gasteiger partial charge on any atom is 0.0406 e. The summed E-state index contributed by atoms with van der Waals surface area (Å²) in [5.41, 5.74) is 3.39. The zero-order valence-corrected chi connectivity index (χ0v) is 13.6. The van der Waals surface area contributed by atoms with E-state index in [0.29, 0.717) is 11.8 Å². The fourth-order valence-corrected chi connectivity index (χ4v) is 3.42. The first-order valence-electron chi connectivity index (χ1n) is 6.54.